The molecule has 3 rings (SSSR count). The van der Waals surface area contributed by atoms with Crippen LogP contribution in [-0.4, -0.2) is 49.9 Å². The molecule has 1 aromatic rings. The molecule has 2 aliphatic rings. The Balaban J connectivity index is 0.00000176. The monoisotopic (exact) mass is 382 g/mol. The second-order valence-electron chi connectivity index (χ2n) is 4.55. The maximum absolute atomic E-state index is 11.8. The summed E-state index contributed by atoms with van der Waals surface area (Å²) in [7, 11) is 0. The SMILES string of the molecule is Cc1nnc(SCC2=C(C(=O)[O-])N3C(=O)C(N)[C@H]3SC2)s1.[K+]. The van der Waals surface area contributed by atoms with E-state index in [-0.39, 0.29) is 68.4 Å². The van der Waals surface area contributed by atoms with Crippen molar-refractivity contribution in [3.05, 3.63) is 16.3 Å². The van der Waals surface area contributed by atoms with Gasteiger partial charge >= 0.3 is 51.4 Å². The normalized spacial score (nSPS) is 23.7. The van der Waals surface area contributed by atoms with Crippen molar-refractivity contribution >= 4 is 46.7 Å². The fraction of sp³-hybridized carbons (Fsp3) is 0.455. The van der Waals surface area contributed by atoms with Crippen molar-refractivity contribution in [3.8, 4) is 0 Å². The number of rotatable bonds is 4. The minimum Gasteiger partial charge on any atom is -0.543 e. The van der Waals surface area contributed by atoms with E-state index in [0.717, 1.165) is 9.35 Å². The number of carbonyl (C=O) groups is 2. The summed E-state index contributed by atoms with van der Waals surface area (Å²) in [5, 5.41) is 19.8. The second-order valence-corrected chi connectivity index (χ2v) is 8.06. The molecule has 11 heteroatoms. The van der Waals surface area contributed by atoms with Crippen molar-refractivity contribution in [1.82, 2.24) is 15.1 Å². The first kappa shape index (κ1) is 18.9. The van der Waals surface area contributed by atoms with E-state index in [1.54, 1.807) is 0 Å². The molecule has 3 heterocycles. The van der Waals surface area contributed by atoms with Crippen LogP contribution in [0.2, 0.25) is 0 Å². The van der Waals surface area contributed by atoms with Crippen LogP contribution in [0.15, 0.2) is 15.6 Å². The third-order valence-corrected chi connectivity index (χ3v) is 6.58. The van der Waals surface area contributed by atoms with E-state index in [1.165, 1.54) is 39.8 Å². The van der Waals surface area contributed by atoms with E-state index < -0.39 is 12.0 Å². The van der Waals surface area contributed by atoms with Gasteiger partial charge in [0.15, 0.2) is 4.34 Å². The van der Waals surface area contributed by atoms with Crippen molar-refractivity contribution in [2.24, 2.45) is 5.73 Å². The van der Waals surface area contributed by atoms with Gasteiger partial charge in [-0.1, -0.05) is 23.1 Å². The van der Waals surface area contributed by atoms with Crippen LogP contribution in [0.5, 0.6) is 0 Å². The Hall–Kier alpha value is 0.536. The van der Waals surface area contributed by atoms with Crippen LogP contribution >= 0.6 is 34.9 Å². The molecule has 7 nitrogen and oxygen atoms in total. The van der Waals surface area contributed by atoms with Gasteiger partial charge in [0.1, 0.15) is 16.4 Å². The molecule has 0 bridgehead atoms. The number of thioether (sulfide) groups is 2. The minimum absolute atomic E-state index is 0. The number of nitrogens with two attached hydrogens (primary N) is 1. The summed E-state index contributed by atoms with van der Waals surface area (Å²) in [6.45, 7) is 1.86. The summed E-state index contributed by atoms with van der Waals surface area (Å²) in [5.74, 6) is -0.724. The van der Waals surface area contributed by atoms with Crippen molar-refractivity contribution in [1.29, 1.82) is 0 Å². The number of carbonyl (C=O) groups excluding carboxylic acids is 2. The molecule has 1 fully saturated rings. The minimum atomic E-state index is -1.33. The third kappa shape index (κ3) is 3.47. The molecule has 1 aromatic heterocycles. The molecule has 2 atom stereocenters. The van der Waals surface area contributed by atoms with Gasteiger partial charge in [-0.25, -0.2) is 0 Å². The number of amides is 1. The molecule has 0 saturated carbocycles. The van der Waals surface area contributed by atoms with Crippen molar-refractivity contribution in [2.45, 2.75) is 22.7 Å². The van der Waals surface area contributed by atoms with Gasteiger partial charge in [0.25, 0.3) is 0 Å². The van der Waals surface area contributed by atoms with Gasteiger partial charge in [0.2, 0.25) is 5.91 Å². The Morgan fingerprint density at radius 1 is 1.55 bits per heavy atom. The largest absolute Gasteiger partial charge is 1.00 e. The fourth-order valence-electron chi connectivity index (χ4n) is 2.17. The van der Waals surface area contributed by atoms with Gasteiger partial charge in [0, 0.05) is 11.5 Å². The maximum atomic E-state index is 11.8. The third-order valence-electron chi connectivity index (χ3n) is 3.16. The zero-order valence-corrected chi connectivity index (χ0v) is 17.5. The zero-order chi connectivity index (χ0) is 15.1. The van der Waals surface area contributed by atoms with Crippen LogP contribution in [0.3, 0.4) is 0 Å². The van der Waals surface area contributed by atoms with Crippen molar-refractivity contribution in [3.63, 3.8) is 0 Å². The summed E-state index contributed by atoms with van der Waals surface area (Å²) in [6.07, 6.45) is 0. The number of aromatic nitrogens is 2. The summed E-state index contributed by atoms with van der Waals surface area (Å²) in [6, 6.07) is -0.621. The Labute approximate surface area is 181 Å². The average Bonchev–Trinajstić information content (AvgIpc) is 2.88. The van der Waals surface area contributed by atoms with Gasteiger partial charge in [0.05, 0.1) is 11.7 Å². The van der Waals surface area contributed by atoms with Gasteiger partial charge in [-0.05, 0) is 12.5 Å². The van der Waals surface area contributed by atoms with Crippen LogP contribution in [0.1, 0.15) is 5.01 Å². The van der Waals surface area contributed by atoms with Gasteiger partial charge < -0.3 is 15.6 Å². The van der Waals surface area contributed by atoms with E-state index in [0.29, 0.717) is 17.1 Å². The number of nitrogens with zero attached hydrogens (tertiary/aromatic N) is 3. The molecule has 0 radical (unpaired) electrons. The number of aliphatic carboxylic acids is 1. The van der Waals surface area contributed by atoms with Crippen molar-refractivity contribution < 1.29 is 66.1 Å². The molecular weight excluding hydrogens is 371 g/mol. The molecule has 22 heavy (non-hydrogen) atoms. The zero-order valence-electron chi connectivity index (χ0n) is 11.9. The first-order chi connectivity index (χ1) is 9.99. The molecule has 112 valence electrons. The number of hydrogen-bond donors (Lipinski definition) is 1. The summed E-state index contributed by atoms with van der Waals surface area (Å²) >= 11 is 4.34. The average molecular weight is 383 g/mol. The summed E-state index contributed by atoms with van der Waals surface area (Å²) in [4.78, 5) is 24.4. The van der Waals surface area contributed by atoms with Gasteiger partial charge in [-0.15, -0.1) is 22.0 Å². The molecule has 1 amide bonds. The van der Waals surface area contributed by atoms with E-state index in [4.69, 9.17) is 5.73 Å². The van der Waals surface area contributed by atoms with Crippen LogP contribution in [0.25, 0.3) is 0 Å². The Morgan fingerprint density at radius 2 is 2.27 bits per heavy atom. The van der Waals surface area contributed by atoms with Crippen LogP contribution in [0, 0.1) is 6.92 Å². The molecule has 2 N–H and O–H groups in total. The Kier molecular flexibility index (Phi) is 6.53. The molecule has 0 spiro atoms. The number of aryl methyl sites for hydroxylation is 1. The predicted molar refractivity (Wildman–Crippen MR) is 78.5 cm³/mol. The molecule has 0 aromatic carbocycles. The van der Waals surface area contributed by atoms with E-state index >= 15 is 0 Å². The Morgan fingerprint density at radius 3 is 2.86 bits per heavy atom. The second kappa shape index (κ2) is 7.61. The van der Waals surface area contributed by atoms with Crippen molar-refractivity contribution in [2.75, 3.05) is 11.5 Å². The number of carboxylic acids is 1. The number of β-lactam (4-membered cyclic amide) rings is 1. The molecule has 1 unspecified atom stereocenters. The fourth-order valence-corrected chi connectivity index (χ4v) is 5.41. The number of fused-ring (bicyclic) bond motifs is 1. The summed E-state index contributed by atoms with van der Waals surface area (Å²) < 4.78 is 0.774. The molecule has 0 aliphatic carbocycles. The predicted octanol–water partition coefficient (Wildman–Crippen LogP) is -3.81. The molecule has 1 saturated heterocycles. The molecular formula is C11H11KN4O3S3. The summed E-state index contributed by atoms with van der Waals surface area (Å²) in [5.41, 5.74) is 6.32. The smallest absolute Gasteiger partial charge is 0.543 e. The van der Waals surface area contributed by atoms with E-state index in [1.807, 2.05) is 6.92 Å². The standard InChI is InChI=1S/C11H12N4O3S3.K/c1-4-13-14-11(21-4)20-3-5-2-19-9-6(12)8(16)15(9)7(5)10(17)18;/h6,9H,2-3,12H2,1H3,(H,17,18);/q;+1/p-1/t6?,9-;/m1./s1. The number of carboxylic acid groups (broad SMARTS) is 1. The van der Waals surface area contributed by atoms with Gasteiger partial charge in [-0.2, -0.15) is 0 Å². The van der Waals surface area contributed by atoms with E-state index in [2.05, 4.69) is 10.2 Å². The Bertz CT molecular complexity index is 650. The quantitative estimate of drug-likeness (QED) is 0.320. The van der Waals surface area contributed by atoms with Crippen LogP contribution in [0.4, 0.5) is 0 Å². The van der Waals surface area contributed by atoms with Gasteiger partial charge in [-0.3, -0.25) is 9.69 Å². The van der Waals surface area contributed by atoms with Crippen LogP contribution < -0.4 is 62.2 Å². The maximum Gasteiger partial charge on any atom is 1.00 e. The number of hydrogen-bond acceptors (Lipinski definition) is 9. The molecule has 2 aliphatic heterocycles. The topological polar surface area (TPSA) is 112 Å². The van der Waals surface area contributed by atoms with E-state index in [9.17, 15) is 14.7 Å². The first-order valence-corrected chi connectivity index (χ1v) is 8.90. The first-order valence-electron chi connectivity index (χ1n) is 6.05. The van der Waals surface area contributed by atoms with Crippen LogP contribution in [-0.2, 0) is 9.59 Å².